The fourth-order valence-corrected chi connectivity index (χ4v) is 2.72. The monoisotopic (exact) mass is 334 g/mol. The van der Waals surface area contributed by atoms with E-state index in [0.29, 0.717) is 4.83 Å². The molecule has 0 bridgehead atoms. The van der Waals surface area contributed by atoms with Gasteiger partial charge in [0.25, 0.3) is 0 Å². The molecule has 0 saturated heterocycles. The van der Waals surface area contributed by atoms with E-state index in [2.05, 4.69) is 40.2 Å². The molecule has 0 aliphatic carbocycles. The second-order valence-electron chi connectivity index (χ2n) is 4.59. The molecule has 0 radical (unpaired) electrons. The lowest BCUT2D eigenvalue weighted by Crippen LogP contribution is -1.97. The van der Waals surface area contributed by atoms with Gasteiger partial charge in [0.1, 0.15) is 11.5 Å². The van der Waals surface area contributed by atoms with Crippen LogP contribution >= 0.6 is 15.9 Å². The first-order valence-corrected chi connectivity index (χ1v) is 7.56. The lowest BCUT2D eigenvalue weighted by molar-refractivity contribution is 0.398. The Morgan fingerprint density at radius 2 is 1.75 bits per heavy atom. The van der Waals surface area contributed by atoms with E-state index in [9.17, 15) is 0 Å². The van der Waals surface area contributed by atoms with Gasteiger partial charge in [0, 0.05) is 4.83 Å². The van der Waals surface area contributed by atoms with E-state index >= 15 is 0 Å². The summed E-state index contributed by atoms with van der Waals surface area (Å²) in [6.07, 6.45) is 1.94. The molecule has 0 N–H and O–H groups in total. The number of methoxy groups -OCH3 is 2. The van der Waals surface area contributed by atoms with Gasteiger partial charge >= 0.3 is 0 Å². The average molecular weight is 335 g/mol. The minimum absolute atomic E-state index is 0.347. The smallest absolute Gasteiger partial charge is 0.122 e. The van der Waals surface area contributed by atoms with Crippen LogP contribution in [-0.4, -0.2) is 14.2 Å². The quantitative estimate of drug-likeness (QED) is 0.708. The van der Waals surface area contributed by atoms with Gasteiger partial charge in [0.15, 0.2) is 0 Å². The van der Waals surface area contributed by atoms with Crippen molar-refractivity contribution in [1.29, 1.82) is 0 Å². The van der Waals surface area contributed by atoms with Crippen molar-refractivity contribution < 1.29 is 9.47 Å². The van der Waals surface area contributed by atoms with Crippen LogP contribution in [0.15, 0.2) is 48.5 Å². The summed E-state index contributed by atoms with van der Waals surface area (Å²) in [6, 6.07) is 16.4. The molecule has 1 unspecified atom stereocenters. The highest BCUT2D eigenvalue weighted by Crippen LogP contribution is 2.31. The van der Waals surface area contributed by atoms with E-state index < -0.39 is 0 Å². The molecule has 2 nitrogen and oxygen atoms in total. The number of benzene rings is 2. The molecular weight excluding hydrogens is 316 g/mol. The minimum atomic E-state index is 0.347. The molecule has 0 aliphatic rings. The van der Waals surface area contributed by atoms with Crippen molar-refractivity contribution in [2.24, 2.45) is 0 Å². The molecule has 0 aliphatic heterocycles. The standard InChI is InChI=1S/C17H19BrO2/c1-19-15-9-11-17(20-2)14(12-15)8-10-16(18)13-6-4-3-5-7-13/h3-7,9,11-12,16H,8,10H2,1-2H3. The highest BCUT2D eigenvalue weighted by Gasteiger charge is 2.10. The molecule has 0 fully saturated rings. The van der Waals surface area contributed by atoms with Crippen molar-refractivity contribution in [2.45, 2.75) is 17.7 Å². The summed E-state index contributed by atoms with van der Waals surface area (Å²) < 4.78 is 10.7. The van der Waals surface area contributed by atoms with Crippen molar-refractivity contribution in [3.8, 4) is 11.5 Å². The SMILES string of the molecule is COc1ccc(OC)c(CCC(Br)c2ccccc2)c1. The van der Waals surface area contributed by atoms with Crippen LogP contribution in [0.1, 0.15) is 22.4 Å². The van der Waals surface area contributed by atoms with E-state index in [1.165, 1.54) is 11.1 Å². The van der Waals surface area contributed by atoms with Crippen LogP contribution in [0, 0.1) is 0 Å². The zero-order valence-corrected chi connectivity index (χ0v) is 13.4. The number of halogens is 1. The summed E-state index contributed by atoms with van der Waals surface area (Å²) in [6.45, 7) is 0. The molecule has 0 aromatic heterocycles. The van der Waals surface area contributed by atoms with Crippen LogP contribution in [0.5, 0.6) is 11.5 Å². The summed E-state index contributed by atoms with van der Waals surface area (Å²) in [7, 11) is 3.39. The van der Waals surface area contributed by atoms with Crippen LogP contribution in [0.2, 0.25) is 0 Å². The minimum Gasteiger partial charge on any atom is -0.497 e. The van der Waals surface area contributed by atoms with Crippen molar-refractivity contribution in [1.82, 2.24) is 0 Å². The molecule has 0 heterocycles. The normalized spacial score (nSPS) is 11.9. The van der Waals surface area contributed by atoms with E-state index in [4.69, 9.17) is 9.47 Å². The molecule has 2 rings (SSSR count). The first-order chi connectivity index (χ1) is 9.74. The number of hydrogen-bond donors (Lipinski definition) is 0. The zero-order chi connectivity index (χ0) is 14.4. The number of aryl methyl sites for hydroxylation is 1. The fourth-order valence-electron chi connectivity index (χ4n) is 2.19. The number of rotatable bonds is 6. The molecular formula is C17H19BrO2. The maximum absolute atomic E-state index is 5.41. The molecule has 106 valence electrons. The number of alkyl halides is 1. The fraction of sp³-hybridized carbons (Fsp3) is 0.294. The molecule has 20 heavy (non-hydrogen) atoms. The molecule has 3 heteroatoms. The van der Waals surface area contributed by atoms with Gasteiger partial charge < -0.3 is 9.47 Å². The third-order valence-corrected chi connectivity index (χ3v) is 4.30. The first kappa shape index (κ1) is 14.9. The van der Waals surface area contributed by atoms with Crippen molar-refractivity contribution in [2.75, 3.05) is 14.2 Å². The molecule has 2 aromatic carbocycles. The summed E-state index contributed by atoms with van der Waals surface area (Å²) in [5.41, 5.74) is 2.47. The molecule has 0 amide bonds. The van der Waals surface area contributed by atoms with Crippen LogP contribution < -0.4 is 9.47 Å². The number of ether oxygens (including phenoxy) is 2. The maximum atomic E-state index is 5.41. The Labute approximate surface area is 128 Å². The van der Waals surface area contributed by atoms with Crippen LogP contribution in [0.25, 0.3) is 0 Å². The van der Waals surface area contributed by atoms with Gasteiger partial charge in [-0.15, -0.1) is 0 Å². The Morgan fingerprint density at radius 3 is 2.40 bits per heavy atom. The first-order valence-electron chi connectivity index (χ1n) is 6.64. The average Bonchev–Trinajstić information content (AvgIpc) is 2.53. The lowest BCUT2D eigenvalue weighted by Gasteiger charge is -2.13. The van der Waals surface area contributed by atoms with Gasteiger partial charge in [-0.25, -0.2) is 0 Å². The van der Waals surface area contributed by atoms with Crippen molar-refractivity contribution in [3.63, 3.8) is 0 Å². The van der Waals surface area contributed by atoms with Crippen LogP contribution in [0.4, 0.5) is 0 Å². The molecule has 1 atom stereocenters. The Kier molecular flexibility index (Phi) is 5.48. The molecule has 0 spiro atoms. The van der Waals surface area contributed by atoms with Gasteiger partial charge in [0.2, 0.25) is 0 Å². The predicted molar refractivity (Wildman–Crippen MR) is 86.0 cm³/mol. The summed E-state index contributed by atoms with van der Waals surface area (Å²) in [5.74, 6) is 1.78. The third-order valence-electron chi connectivity index (χ3n) is 3.32. The molecule has 0 saturated carbocycles. The van der Waals surface area contributed by atoms with Crippen LogP contribution in [0.3, 0.4) is 0 Å². The Morgan fingerprint density at radius 1 is 1.00 bits per heavy atom. The van der Waals surface area contributed by atoms with E-state index in [1.54, 1.807) is 14.2 Å². The number of hydrogen-bond acceptors (Lipinski definition) is 2. The van der Waals surface area contributed by atoms with Gasteiger partial charge in [-0.3, -0.25) is 0 Å². The topological polar surface area (TPSA) is 18.5 Å². The highest BCUT2D eigenvalue weighted by atomic mass is 79.9. The van der Waals surface area contributed by atoms with Crippen LogP contribution in [-0.2, 0) is 6.42 Å². The summed E-state index contributed by atoms with van der Waals surface area (Å²) >= 11 is 3.75. The van der Waals surface area contributed by atoms with E-state index in [1.807, 2.05) is 24.3 Å². The van der Waals surface area contributed by atoms with Gasteiger partial charge in [-0.05, 0) is 42.2 Å². The Bertz CT molecular complexity index is 540. The Balaban J connectivity index is 2.06. The Hall–Kier alpha value is -1.48. The zero-order valence-electron chi connectivity index (χ0n) is 11.8. The molecule has 2 aromatic rings. The predicted octanol–water partition coefficient (Wildman–Crippen LogP) is 4.77. The summed E-state index contributed by atoms with van der Waals surface area (Å²) in [4.78, 5) is 0.347. The second kappa shape index (κ2) is 7.34. The van der Waals surface area contributed by atoms with Crippen molar-refractivity contribution in [3.05, 3.63) is 59.7 Å². The van der Waals surface area contributed by atoms with Gasteiger partial charge in [-0.1, -0.05) is 46.3 Å². The third kappa shape index (κ3) is 3.76. The maximum Gasteiger partial charge on any atom is 0.122 e. The lowest BCUT2D eigenvalue weighted by atomic mass is 10.0. The van der Waals surface area contributed by atoms with E-state index in [0.717, 1.165) is 24.3 Å². The summed E-state index contributed by atoms with van der Waals surface area (Å²) in [5, 5.41) is 0. The van der Waals surface area contributed by atoms with Gasteiger partial charge in [0.05, 0.1) is 14.2 Å². The van der Waals surface area contributed by atoms with Gasteiger partial charge in [-0.2, -0.15) is 0 Å². The van der Waals surface area contributed by atoms with E-state index in [-0.39, 0.29) is 0 Å². The largest absolute Gasteiger partial charge is 0.497 e. The van der Waals surface area contributed by atoms with Crippen molar-refractivity contribution >= 4 is 15.9 Å². The second-order valence-corrected chi connectivity index (χ2v) is 5.70. The highest BCUT2D eigenvalue weighted by molar-refractivity contribution is 9.09.